The van der Waals surface area contributed by atoms with E-state index in [1.807, 2.05) is 30.4 Å². The van der Waals surface area contributed by atoms with Crippen LogP contribution in [0.4, 0.5) is 10.3 Å². The molecule has 0 aliphatic heterocycles. The molecule has 1 saturated carbocycles. The van der Waals surface area contributed by atoms with Crippen molar-refractivity contribution in [2.24, 2.45) is 0 Å². The van der Waals surface area contributed by atoms with Crippen molar-refractivity contribution in [3.05, 3.63) is 53.6 Å². The Balaban J connectivity index is 1.59. The maximum atomic E-state index is 13.2. The first-order valence-electron chi connectivity index (χ1n) is 7.20. The summed E-state index contributed by atoms with van der Waals surface area (Å²) in [6.45, 7) is 1.40. The molecule has 0 atom stereocenters. The molecule has 2 aromatic rings. The molecule has 110 valence electrons. The van der Waals surface area contributed by atoms with Crippen LogP contribution in [0.5, 0.6) is 0 Å². The van der Waals surface area contributed by atoms with E-state index in [0.717, 1.165) is 17.7 Å². The second-order valence-corrected chi connectivity index (χ2v) is 5.53. The van der Waals surface area contributed by atoms with Crippen molar-refractivity contribution in [1.82, 2.24) is 15.3 Å². The number of nitrogens with zero attached hydrogens (tertiary/aromatic N) is 3. The quantitative estimate of drug-likeness (QED) is 0.886. The standard InChI is InChI=1S/C16H19FN4/c1-21(11-12-3-2-4-14(17)7-12)16-19-9-13(10-20-16)8-18-15-5-6-15/h2-4,7,9-10,15,18H,5-6,8,11H2,1H3. The zero-order valence-corrected chi connectivity index (χ0v) is 12.1. The average Bonchev–Trinajstić information content (AvgIpc) is 3.30. The molecule has 0 saturated heterocycles. The van der Waals surface area contributed by atoms with E-state index in [9.17, 15) is 4.39 Å². The number of rotatable bonds is 6. The molecule has 0 bridgehead atoms. The van der Waals surface area contributed by atoms with Gasteiger partial charge in [0.25, 0.3) is 0 Å². The van der Waals surface area contributed by atoms with E-state index in [0.29, 0.717) is 18.5 Å². The van der Waals surface area contributed by atoms with Gasteiger partial charge < -0.3 is 10.2 Å². The predicted octanol–water partition coefficient (Wildman–Crippen LogP) is 2.50. The number of hydrogen-bond acceptors (Lipinski definition) is 4. The lowest BCUT2D eigenvalue weighted by molar-refractivity contribution is 0.625. The Morgan fingerprint density at radius 3 is 2.67 bits per heavy atom. The fraction of sp³-hybridized carbons (Fsp3) is 0.375. The first-order chi connectivity index (χ1) is 10.2. The molecule has 5 heteroatoms. The molecule has 1 aromatic heterocycles. The highest BCUT2D eigenvalue weighted by Crippen LogP contribution is 2.19. The minimum atomic E-state index is -0.219. The van der Waals surface area contributed by atoms with Crippen LogP contribution in [0.3, 0.4) is 0 Å². The number of aromatic nitrogens is 2. The van der Waals surface area contributed by atoms with Crippen molar-refractivity contribution < 1.29 is 4.39 Å². The van der Waals surface area contributed by atoms with Crippen LogP contribution in [0.1, 0.15) is 24.0 Å². The Kier molecular flexibility index (Phi) is 4.10. The van der Waals surface area contributed by atoms with Crippen molar-refractivity contribution in [3.8, 4) is 0 Å². The van der Waals surface area contributed by atoms with Crippen LogP contribution in [0.2, 0.25) is 0 Å². The third-order valence-electron chi connectivity index (χ3n) is 3.51. The van der Waals surface area contributed by atoms with Crippen LogP contribution < -0.4 is 10.2 Å². The first kappa shape index (κ1) is 13.9. The fourth-order valence-corrected chi connectivity index (χ4v) is 2.17. The topological polar surface area (TPSA) is 41.1 Å². The second kappa shape index (κ2) is 6.18. The SMILES string of the molecule is CN(Cc1cccc(F)c1)c1ncc(CNC2CC2)cn1. The summed E-state index contributed by atoms with van der Waals surface area (Å²) >= 11 is 0. The first-order valence-corrected chi connectivity index (χ1v) is 7.20. The smallest absolute Gasteiger partial charge is 0.225 e. The van der Waals surface area contributed by atoms with Crippen LogP contribution >= 0.6 is 0 Å². The lowest BCUT2D eigenvalue weighted by atomic mass is 10.2. The van der Waals surface area contributed by atoms with Gasteiger partial charge in [0.15, 0.2) is 0 Å². The van der Waals surface area contributed by atoms with Crippen molar-refractivity contribution in [3.63, 3.8) is 0 Å². The molecule has 1 fully saturated rings. The van der Waals surface area contributed by atoms with E-state index in [2.05, 4.69) is 15.3 Å². The lowest BCUT2D eigenvalue weighted by Crippen LogP contribution is -2.20. The van der Waals surface area contributed by atoms with E-state index < -0.39 is 0 Å². The minimum Gasteiger partial charge on any atom is -0.340 e. The fourth-order valence-electron chi connectivity index (χ4n) is 2.17. The summed E-state index contributed by atoms with van der Waals surface area (Å²) < 4.78 is 13.2. The summed E-state index contributed by atoms with van der Waals surface area (Å²) in [7, 11) is 1.91. The van der Waals surface area contributed by atoms with Gasteiger partial charge in [-0.3, -0.25) is 0 Å². The summed E-state index contributed by atoms with van der Waals surface area (Å²) in [6.07, 6.45) is 6.24. The van der Waals surface area contributed by atoms with Crippen LogP contribution in [-0.2, 0) is 13.1 Å². The molecular weight excluding hydrogens is 267 g/mol. The molecule has 3 rings (SSSR count). The molecule has 0 radical (unpaired) electrons. The van der Waals surface area contributed by atoms with E-state index in [1.165, 1.54) is 25.0 Å². The lowest BCUT2D eigenvalue weighted by Gasteiger charge is -2.17. The van der Waals surface area contributed by atoms with Gasteiger partial charge >= 0.3 is 0 Å². The number of benzene rings is 1. The third-order valence-corrected chi connectivity index (χ3v) is 3.51. The third kappa shape index (κ3) is 3.98. The summed E-state index contributed by atoms with van der Waals surface area (Å²) in [5.74, 6) is 0.428. The number of nitrogens with one attached hydrogen (secondary N) is 1. The molecule has 4 nitrogen and oxygen atoms in total. The molecular formula is C16H19FN4. The average molecular weight is 286 g/mol. The Bertz CT molecular complexity index is 595. The van der Waals surface area contributed by atoms with Gasteiger partial charge in [-0.05, 0) is 30.5 Å². The molecule has 1 aliphatic rings. The molecule has 1 heterocycles. The van der Waals surface area contributed by atoms with Gasteiger partial charge in [-0.1, -0.05) is 12.1 Å². The molecule has 1 aliphatic carbocycles. The maximum Gasteiger partial charge on any atom is 0.225 e. The van der Waals surface area contributed by atoms with Crippen molar-refractivity contribution in [2.75, 3.05) is 11.9 Å². The van der Waals surface area contributed by atoms with Crippen LogP contribution in [0, 0.1) is 5.82 Å². The van der Waals surface area contributed by atoms with E-state index in [4.69, 9.17) is 0 Å². The summed E-state index contributed by atoms with van der Waals surface area (Å²) in [5.41, 5.74) is 1.99. The van der Waals surface area contributed by atoms with Gasteiger partial charge in [0.05, 0.1) is 0 Å². The van der Waals surface area contributed by atoms with Gasteiger partial charge in [0.1, 0.15) is 5.82 Å². The molecule has 1 N–H and O–H groups in total. The number of halogens is 1. The van der Waals surface area contributed by atoms with E-state index in [1.54, 1.807) is 6.07 Å². The molecule has 0 spiro atoms. The molecule has 1 aromatic carbocycles. The largest absolute Gasteiger partial charge is 0.340 e. The normalized spacial score (nSPS) is 14.2. The van der Waals surface area contributed by atoms with Crippen molar-refractivity contribution in [1.29, 1.82) is 0 Å². The zero-order valence-electron chi connectivity index (χ0n) is 12.1. The van der Waals surface area contributed by atoms with Gasteiger partial charge in [0.2, 0.25) is 5.95 Å². The molecule has 0 amide bonds. The Hall–Kier alpha value is -2.01. The monoisotopic (exact) mass is 286 g/mol. The highest BCUT2D eigenvalue weighted by atomic mass is 19.1. The Morgan fingerprint density at radius 1 is 1.24 bits per heavy atom. The van der Waals surface area contributed by atoms with Crippen LogP contribution in [0.15, 0.2) is 36.7 Å². The Morgan fingerprint density at radius 2 is 2.00 bits per heavy atom. The molecule has 0 unspecified atom stereocenters. The van der Waals surface area contributed by atoms with Gasteiger partial charge in [0, 0.05) is 44.1 Å². The summed E-state index contributed by atoms with van der Waals surface area (Å²) in [5, 5.41) is 3.43. The molecule has 21 heavy (non-hydrogen) atoms. The van der Waals surface area contributed by atoms with Crippen LogP contribution in [-0.4, -0.2) is 23.1 Å². The van der Waals surface area contributed by atoms with E-state index >= 15 is 0 Å². The Labute approximate surface area is 124 Å². The van der Waals surface area contributed by atoms with Gasteiger partial charge in [-0.15, -0.1) is 0 Å². The number of anilines is 1. The summed E-state index contributed by atoms with van der Waals surface area (Å²) in [6, 6.07) is 7.27. The highest BCUT2D eigenvalue weighted by Gasteiger charge is 2.20. The second-order valence-electron chi connectivity index (χ2n) is 5.53. The summed E-state index contributed by atoms with van der Waals surface area (Å²) in [4.78, 5) is 10.7. The van der Waals surface area contributed by atoms with Crippen molar-refractivity contribution in [2.45, 2.75) is 32.0 Å². The predicted molar refractivity (Wildman–Crippen MR) is 80.4 cm³/mol. The van der Waals surface area contributed by atoms with Gasteiger partial charge in [-0.25, -0.2) is 14.4 Å². The van der Waals surface area contributed by atoms with Crippen LogP contribution in [0.25, 0.3) is 0 Å². The minimum absolute atomic E-state index is 0.219. The van der Waals surface area contributed by atoms with E-state index in [-0.39, 0.29) is 5.82 Å². The van der Waals surface area contributed by atoms with Gasteiger partial charge in [-0.2, -0.15) is 0 Å². The maximum absolute atomic E-state index is 13.2. The van der Waals surface area contributed by atoms with Crippen molar-refractivity contribution >= 4 is 5.95 Å². The highest BCUT2D eigenvalue weighted by molar-refractivity contribution is 5.31. The zero-order chi connectivity index (χ0) is 14.7. The number of hydrogen-bond donors (Lipinski definition) is 1.